The summed E-state index contributed by atoms with van der Waals surface area (Å²) in [6, 6.07) is 0. The molecule has 0 aliphatic heterocycles. The molecule has 0 aromatic heterocycles. The van der Waals surface area contributed by atoms with Crippen LogP contribution in [0.25, 0.3) is 0 Å². The van der Waals surface area contributed by atoms with Crippen molar-refractivity contribution >= 4 is 0 Å². The first-order valence-corrected chi connectivity index (χ1v) is 5.64. The Balaban J connectivity index is 3.90. The molecule has 15 heavy (non-hydrogen) atoms. The summed E-state index contributed by atoms with van der Waals surface area (Å²) in [6.45, 7) is 3.32. The van der Waals surface area contributed by atoms with Gasteiger partial charge in [0.1, 0.15) is 0 Å². The van der Waals surface area contributed by atoms with E-state index in [0.717, 1.165) is 6.54 Å². The molecule has 0 saturated heterocycles. The van der Waals surface area contributed by atoms with Gasteiger partial charge >= 0.3 is 0 Å². The van der Waals surface area contributed by atoms with Crippen LogP contribution in [0.3, 0.4) is 0 Å². The van der Waals surface area contributed by atoms with Crippen molar-refractivity contribution < 1.29 is 0 Å². The number of hydrogen-bond acceptors (Lipinski definition) is 5. The Labute approximate surface area is 94.5 Å². The minimum absolute atomic E-state index is 1.09. The highest BCUT2D eigenvalue weighted by atomic mass is 16.0. The molecule has 0 unspecified atom stereocenters. The Morgan fingerprint density at radius 1 is 0.933 bits per heavy atom. The number of unbranched alkanes of at least 4 members (excludes halogenated alkanes) is 2. The van der Waals surface area contributed by atoms with Crippen molar-refractivity contribution in [2.45, 2.75) is 26.2 Å². The number of nitrogens with one attached hydrogen (secondary N) is 1. The zero-order chi connectivity index (χ0) is 11.8. The van der Waals surface area contributed by atoms with Gasteiger partial charge in [-0.3, -0.25) is 0 Å². The van der Waals surface area contributed by atoms with Gasteiger partial charge in [0.05, 0.1) is 0 Å². The molecular formula is C10H27N5. The van der Waals surface area contributed by atoms with Crippen molar-refractivity contribution in [2.24, 2.45) is 0 Å². The molecule has 0 heterocycles. The maximum absolute atomic E-state index is 3.06. The molecule has 0 amide bonds. The average molecular weight is 217 g/mol. The van der Waals surface area contributed by atoms with Gasteiger partial charge in [-0.15, -0.1) is 0 Å². The molecule has 0 saturated carbocycles. The average Bonchev–Trinajstić information content (AvgIpc) is 2.26. The Morgan fingerprint density at radius 2 is 1.53 bits per heavy atom. The van der Waals surface area contributed by atoms with E-state index in [4.69, 9.17) is 0 Å². The van der Waals surface area contributed by atoms with E-state index in [-0.39, 0.29) is 0 Å². The molecule has 0 radical (unpaired) electrons. The van der Waals surface area contributed by atoms with Gasteiger partial charge in [-0.05, 0) is 6.42 Å². The first kappa shape index (κ1) is 14.8. The summed E-state index contributed by atoms with van der Waals surface area (Å²) in [5, 5.41) is 8.25. The summed E-state index contributed by atoms with van der Waals surface area (Å²) in [5.74, 6) is 0. The smallest absolute Gasteiger partial charge is 0.0206 e. The maximum atomic E-state index is 3.06. The topological polar surface area (TPSA) is 25.0 Å². The fourth-order valence-electron chi connectivity index (χ4n) is 1.30. The summed E-state index contributed by atoms with van der Waals surface area (Å²) >= 11 is 0. The molecule has 0 atom stereocenters. The van der Waals surface area contributed by atoms with Gasteiger partial charge in [-0.25, -0.2) is 10.4 Å². The predicted octanol–water partition coefficient (Wildman–Crippen LogP) is 0.783. The van der Waals surface area contributed by atoms with Crippen LogP contribution in [0.2, 0.25) is 0 Å². The van der Waals surface area contributed by atoms with Crippen molar-refractivity contribution in [3.8, 4) is 0 Å². The van der Waals surface area contributed by atoms with Crippen LogP contribution >= 0.6 is 0 Å². The Hall–Kier alpha value is -0.200. The third-order valence-corrected chi connectivity index (χ3v) is 2.76. The molecule has 1 N–H and O–H groups in total. The fourth-order valence-corrected chi connectivity index (χ4v) is 1.30. The molecule has 0 aliphatic carbocycles. The van der Waals surface area contributed by atoms with Crippen LogP contribution in [0.1, 0.15) is 26.2 Å². The van der Waals surface area contributed by atoms with Crippen LogP contribution in [-0.2, 0) is 0 Å². The maximum Gasteiger partial charge on any atom is 0.0206 e. The molecule has 5 nitrogen and oxygen atoms in total. The largest absolute Gasteiger partial charge is 0.244 e. The lowest BCUT2D eigenvalue weighted by Gasteiger charge is -2.39. The number of hydrogen-bond donors (Lipinski definition) is 1. The third-order valence-electron chi connectivity index (χ3n) is 2.76. The standard InChI is InChI=1S/C10H27N5/c1-7-8-9-10-12(3)14(5)15(6)13(4)11-2/h11H,7-10H2,1-6H3. The zero-order valence-electron chi connectivity index (χ0n) is 11.1. The van der Waals surface area contributed by atoms with E-state index in [2.05, 4.69) is 36.6 Å². The number of rotatable bonds is 8. The van der Waals surface area contributed by atoms with E-state index in [1.165, 1.54) is 19.3 Å². The van der Waals surface area contributed by atoms with Gasteiger partial charge in [-0.2, -0.15) is 15.4 Å². The van der Waals surface area contributed by atoms with Gasteiger partial charge in [-0.1, -0.05) is 19.8 Å². The van der Waals surface area contributed by atoms with E-state index in [1.807, 2.05) is 31.4 Å². The van der Waals surface area contributed by atoms with Crippen molar-refractivity contribution in [3.63, 3.8) is 0 Å². The summed E-state index contributed by atoms with van der Waals surface area (Å²) < 4.78 is 0. The second-order valence-electron chi connectivity index (χ2n) is 3.81. The van der Waals surface area contributed by atoms with Gasteiger partial charge < -0.3 is 0 Å². The Kier molecular flexibility index (Phi) is 7.90. The van der Waals surface area contributed by atoms with E-state index < -0.39 is 0 Å². The van der Waals surface area contributed by atoms with Crippen molar-refractivity contribution in [1.82, 2.24) is 25.8 Å². The number of nitrogens with zero attached hydrogens (tertiary/aromatic N) is 4. The van der Waals surface area contributed by atoms with E-state index in [1.54, 1.807) is 0 Å². The van der Waals surface area contributed by atoms with Crippen molar-refractivity contribution in [2.75, 3.05) is 41.8 Å². The van der Waals surface area contributed by atoms with Crippen LogP contribution in [0.15, 0.2) is 0 Å². The second-order valence-corrected chi connectivity index (χ2v) is 3.81. The quantitative estimate of drug-likeness (QED) is 0.479. The highest BCUT2D eigenvalue weighted by molar-refractivity contribution is 4.46. The van der Waals surface area contributed by atoms with E-state index in [0.29, 0.717) is 0 Å². The van der Waals surface area contributed by atoms with E-state index in [9.17, 15) is 0 Å². The predicted molar refractivity (Wildman–Crippen MR) is 64.5 cm³/mol. The zero-order valence-corrected chi connectivity index (χ0v) is 11.1. The third kappa shape index (κ3) is 5.44. The number of hydrazine groups is 4. The van der Waals surface area contributed by atoms with Gasteiger partial charge in [0, 0.05) is 41.8 Å². The first-order valence-electron chi connectivity index (χ1n) is 5.64. The summed E-state index contributed by atoms with van der Waals surface area (Å²) in [7, 11) is 10.1. The van der Waals surface area contributed by atoms with Crippen LogP contribution in [0.5, 0.6) is 0 Å². The molecule has 0 spiro atoms. The van der Waals surface area contributed by atoms with E-state index >= 15 is 0 Å². The van der Waals surface area contributed by atoms with Gasteiger partial charge in [0.2, 0.25) is 0 Å². The summed E-state index contributed by atoms with van der Waals surface area (Å²) in [5.41, 5.74) is 3.06. The first-order chi connectivity index (χ1) is 7.04. The van der Waals surface area contributed by atoms with Gasteiger partial charge in [0.25, 0.3) is 0 Å². The second kappa shape index (κ2) is 8.01. The molecule has 92 valence electrons. The van der Waals surface area contributed by atoms with Crippen molar-refractivity contribution in [1.29, 1.82) is 0 Å². The molecule has 0 rings (SSSR count). The molecule has 0 aliphatic rings. The Morgan fingerprint density at radius 3 is 2.00 bits per heavy atom. The molecule has 0 aromatic rings. The Bertz CT molecular complexity index is 153. The molecule has 5 heteroatoms. The monoisotopic (exact) mass is 217 g/mol. The highest BCUT2D eigenvalue weighted by Crippen LogP contribution is 2.01. The molecule has 0 fully saturated rings. The SMILES string of the molecule is CCCCCN(C)N(C)N(C)N(C)NC. The highest BCUT2D eigenvalue weighted by Gasteiger charge is 2.13. The summed E-state index contributed by atoms with van der Waals surface area (Å²) in [6.07, 6.45) is 3.81. The molecule has 0 aromatic carbocycles. The lowest BCUT2D eigenvalue weighted by molar-refractivity contribution is -0.250. The fraction of sp³-hybridized carbons (Fsp3) is 1.00. The van der Waals surface area contributed by atoms with Gasteiger partial charge in [0.15, 0.2) is 0 Å². The van der Waals surface area contributed by atoms with Crippen LogP contribution in [0, 0.1) is 0 Å². The minimum Gasteiger partial charge on any atom is -0.244 e. The minimum atomic E-state index is 1.09. The molecular weight excluding hydrogens is 190 g/mol. The van der Waals surface area contributed by atoms with Crippen LogP contribution in [-0.4, -0.2) is 62.1 Å². The van der Waals surface area contributed by atoms with Crippen molar-refractivity contribution in [3.05, 3.63) is 0 Å². The normalized spacial score (nSPS) is 12.4. The lowest BCUT2D eigenvalue weighted by Crippen LogP contribution is -2.57. The summed E-state index contributed by atoms with van der Waals surface area (Å²) in [4.78, 5) is 0. The van der Waals surface area contributed by atoms with Crippen LogP contribution in [0.4, 0.5) is 0 Å². The molecule has 0 bridgehead atoms. The van der Waals surface area contributed by atoms with Crippen LogP contribution < -0.4 is 5.43 Å². The lowest BCUT2D eigenvalue weighted by atomic mass is 10.2.